The van der Waals surface area contributed by atoms with E-state index in [0.29, 0.717) is 48.1 Å². The third kappa shape index (κ3) is 5.37. The van der Waals surface area contributed by atoms with Crippen molar-refractivity contribution in [1.29, 1.82) is 0 Å². The van der Waals surface area contributed by atoms with E-state index in [-0.39, 0.29) is 11.7 Å². The number of carbonyl (C=O) groups is 1. The molecule has 0 aliphatic carbocycles. The molecule has 0 unspecified atom stereocenters. The molecule has 0 fully saturated rings. The maximum atomic E-state index is 13.0. The molecule has 3 rings (SSSR count). The fourth-order valence-corrected chi connectivity index (χ4v) is 2.73. The zero-order chi connectivity index (χ0) is 19.2. The summed E-state index contributed by atoms with van der Waals surface area (Å²) in [6, 6.07) is 13.3. The third-order valence-electron chi connectivity index (χ3n) is 4.11. The lowest BCUT2D eigenvalue weighted by Gasteiger charge is -2.17. The summed E-state index contributed by atoms with van der Waals surface area (Å²) in [6.45, 7) is 0.533. The highest BCUT2D eigenvalue weighted by atomic mass is 35.5. The van der Waals surface area contributed by atoms with Crippen LogP contribution in [0.25, 0.3) is 11.4 Å². The highest BCUT2D eigenvalue weighted by Gasteiger charge is 2.12. The summed E-state index contributed by atoms with van der Waals surface area (Å²) in [6.07, 6.45) is 1.50. The van der Waals surface area contributed by atoms with Crippen LogP contribution in [0.2, 0.25) is 5.02 Å². The van der Waals surface area contributed by atoms with Gasteiger partial charge in [-0.25, -0.2) is 4.39 Å². The Bertz CT molecular complexity index is 894. The van der Waals surface area contributed by atoms with Gasteiger partial charge >= 0.3 is 0 Å². The van der Waals surface area contributed by atoms with Gasteiger partial charge in [-0.05, 0) is 48.4 Å². The normalized spacial score (nSPS) is 10.8. The summed E-state index contributed by atoms with van der Waals surface area (Å²) in [7, 11) is 1.77. The second kappa shape index (κ2) is 8.77. The predicted molar refractivity (Wildman–Crippen MR) is 101 cm³/mol. The summed E-state index contributed by atoms with van der Waals surface area (Å²) in [5, 5.41) is 4.57. The van der Waals surface area contributed by atoms with Gasteiger partial charge in [-0.3, -0.25) is 4.79 Å². The van der Waals surface area contributed by atoms with E-state index in [1.165, 1.54) is 12.1 Å². The largest absolute Gasteiger partial charge is 0.341 e. The number of nitrogens with zero attached hydrogens (tertiary/aromatic N) is 3. The van der Waals surface area contributed by atoms with Crippen LogP contribution < -0.4 is 0 Å². The molecule has 0 bridgehead atoms. The van der Waals surface area contributed by atoms with Crippen LogP contribution in [0.4, 0.5) is 4.39 Å². The Morgan fingerprint density at radius 1 is 1.15 bits per heavy atom. The van der Waals surface area contributed by atoms with Crippen molar-refractivity contribution in [3.8, 4) is 11.4 Å². The maximum absolute atomic E-state index is 13.0. The molecule has 0 radical (unpaired) electrons. The van der Waals surface area contributed by atoms with Gasteiger partial charge in [0, 0.05) is 37.0 Å². The first-order valence-electron chi connectivity index (χ1n) is 8.58. The van der Waals surface area contributed by atoms with Crippen molar-refractivity contribution in [2.24, 2.45) is 0 Å². The van der Waals surface area contributed by atoms with Gasteiger partial charge in [0.1, 0.15) is 5.82 Å². The highest BCUT2D eigenvalue weighted by molar-refractivity contribution is 6.30. The van der Waals surface area contributed by atoms with Crippen molar-refractivity contribution in [2.45, 2.75) is 25.8 Å². The minimum atomic E-state index is -0.316. The standard InChI is InChI=1S/C20H19ClFN3O2/c1-25(13-14-5-9-16(21)10-6-14)19(26)4-2-3-18-23-20(24-27-18)15-7-11-17(22)12-8-15/h5-12H,2-4,13H2,1H3. The lowest BCUT2D eigenvalue weighted by Crippen LogP contribution is -2.25. The van der Waals surface area contributed by atoms with E-state index in [2.05, 4.69) is 10.1 Å². The van der Waals surface area contributed by atoms with Crippen LogP contribution in [-0.4, -0.2) is 28.0 Å². The highest BCUT2D eigenvalue weighted by Crippen LogP contribution is 2.17. The number of benzene rings is 2. The molecule has 1 aromatic heterocycles. The molecular weight excluding hydrogens is 369 g/mol. The average molecular weight is 388 g/mol. The first-order chi connectivity index (χ1) is 13.0. The van der Waals surface area contributed by atoms with Crippen molar-refractivity contribution in [3.05, 3.63) is 70.8 Å². The zero-order valence-electron chi connectivity index (χ0n) is 14.9. The van der Waals surface area contributed by atoms with Crippen molar-refractivity contribution in [1.82, 2.24) is 15.0 Å². The quantitative estimate of drug-likeness (QED) is 0.598. The van der Waals surface area contributed by atoms with E-state index in [1.54, 1.807) is 24.1 Å². The van der Waals surface area contributed by atoms with Crippen LogP contribution >= 0.6 is 11.6 Å². The van der Waals surface area contributed by atoms with Crippen LogP contribution in [0.3, 0.4) is 0 Å². The molecular formula is C20H19ClFN3O2. The van der Waals surface area contributed by atoms with Gasteiger partial charge in [0.05, 0.1) is 0 Å². The van der Waals surface area contributed by atoms with Crippen molar-refractivity contribution in [2.75, 3.05) is 7.05 Å². The molecule has 0 atom stereocenters. The second-order valence-electron chi connectivity index (χ2n) is 6.25. The van der Waals surface area contributed by atoms with Crippen LogP contribution in [0.5, 0.6) is 0 Å². The van der Waals surface area contributed by atoms with Crippen LogP contribution in [0.1, 0.15) is 24.3 Å². The maximum Gasteiger partial charge on any atom is 0.226 e. The number of hydrogen-bond donors (Lipinski definition) is 0. The first-order valence-corrected chi connectivity index (χ1v) is 8.96. The number of rotatable bonds is 7. The minimum absolute atomic E-state index is 0.0447. The summed E-state index contributed by atoms with van der Waals surface area (Å²) in [4.78, 5) is 18.2. The number of hydrogen-bond acceptors (Lipinski definition) is 4. The van der Waals surface area contributed by atoms with E-state index in [0.717, 1.165) is 5.56 Å². The van der Waals surface area contributed by atoms with Gasteiger partial charge in [-0.1, -0.05) is 28.9 Å². The number of halogens is 2. The predicted octanol–water partition coefficient (Wildman–Crippen LogP) is 4.51. The van der Waals surface area contributed by atoms with Gasteiger partial charge in [0.15, 0.2) is 0 Å². The summed E-state index contributed by atoms with van der Waals surface area (Å²) in [5.41, 5.74) is 1.71. The van der Waals surface area contributed by atoms with E-state index in [4.69, 9.17) is 16.1 Å². The van der Waals surface area contributed by atoms with Gasteiger partial charge in [-0.2, -0.15) is 4.98 Å². The van der Waals surface area contributed by atoms with E-state index >= 15 is 0 Å². The Balaban J connectivity index is 1.47. The van der Waals surface area contributed by atoms with Gasteiger partial charge in [0.2, 0.25) is 17.6 Å². The minimum Gasteiger partial charge on any atom is -0.341 e. The molecule has 0 aliphatic heterocycles. The number of aryl methyl sites for hydroxylation is 1. The Kier molecular flexibility index (Phi) is 6.19. The molecule has 1 heterocycles. The van der Waals surface area contributed by atoms with Crippen LogP contribution in [0.15, 0.2) is 53.1 Å². The molecule has 2 aromatic carbocycles. The van der Waals surface area contributed by atoms with Crippen LogP contribution in [-0.2, 0) is 17.8 Å². The average Bonchev–Trinajstić information content (AvgIpc) is 3.13. The number of carbonyl (C=O) groups excluding carboxylic acids is 1. The van der Waals surface area contributed by atoms with Crippen molar-refractivity contribution >= 4 is 17.5 Å². The van der Waals surface area contributed by atoms with E-state index in [1.807, 2.05) is 24.3 Å². The topological polar surface area (TPSA) is 59.2 Å². The Morgan fingerprint density at radius 2 is 1.85 bits per heavy atom. The summed E-state index contributed by atoms with van der Waals surface area (Å²) < 4.78 is 18.2. The molecule has 0 N–H and O–H groups in total. The lowest BCUT2D eigenvalue weighted by atomic mass is 10.2. The molecule has 0 saturated heterocycles. The Morgan fingerprint density at radius 3 is 2.56 bits per heavy atom. The first kappa shape index (κ1) is 19.0. The zero-order valence-corrected chi connectivity index (χ0v) is 15.6. The molecule has 0 aliphatic rings. The molecule has 0 spiro atoms. The van der Waals surface area contributed by atoms with Gasteiger partial charge < -0.3 is 9.42 Å². The number of aromatic nitrogens is 2. The lowest BCUT2D eigenvalue weighted by molar-refractivity contribution is -0.130. The fourth-order valence-electron chi connectivity index (χ4n) is 2.61. The SMILES string of the molecule is CN(Cc1ccc(Cl)cc1)C(=O)CCCc1nc(-c2ccc(F)cc2)no1. The number of amides is 1. The smallest absolute Gasteiger partial charge is 0.226 e. The molecule has 3 aromatic rings. The second-order valence-corrected chi connectivity index (χ2v) is 6.68. The van der Waals surface area contributed by atoms with Gasteiger partial charge in [0.25, 0.3) is 0 Å². The molecule has 1 amide bonds. The third-order valence-corrected chi connectivity index (χ3v) is 4.36. The molecule has 0 saturated carbocycles. The van der Waals surface area contributed by atoms with E-state index < -0.39 is 0 Å². The molecule has 7 heteroatoms. The molecule has 27 heavy (non-hydrogen) atoms. The molecule has 5 nitrogen and oxygen atoms in total. The summed E-state index contributed by atoms with van der Waals surface area (Å²) in [5.74, 6) is 0.602. The van der Waals surface area contributed by atoms with E-state index in [9.17, 15) is 9.18 Å². The molecule has 140 valence electrons. The van der Waals surface area contributed by atoms with Crippen molar-refractivity contribution < 1.29 is 13.7 Å². The Labute approximate surface area is 161 Å². The monoisotopic (exact) mass is 387 g/mol. The Hall–Kier alpha value is -2.73. The van der Waals surface area contributed by atoms with Crippen molar-refractivity contribution in [3.63, 3.8) is 0 Å². The summed E-state index contributed by atoms with van der Waals surface area (Å²) >= 11 is 5.87. The van der Waals surface area contributed by atoms with Gasteiger partial charge in [-0.15, -0.1) is 0 Å². The van der Waals surface area contributed by atoms with Crippen LogP contribution in [0, 0.1) is 5.82 Å². The fraction of sp³-hybridized carbons (Fsp3) is 0.250.